The minimum absolute atomic E-state index is 0.155. The van der Waals surface area contributed by atoms with E-state index in [9.17, 15) is 5.11 Å². The first-order valence-corrected chi connectivity index (χ1v) is 7.50. The molecule has 21 heavy (non-hydrogen) atoms. The Morgan fingerprint density at radius 2 is 1.95 bits per heavy atom. The van der Waals surface area contributed by atoms with Gasteiger partial charge in [0.05, 0.1) is 12.7 Å². The molecule has 0 saturated heterocycles. The molecule has 2 aromatic carbocycles. The van der Waals surface area contributed by atoms with Crippen molar-refractivity contribution >= 4 is 16.8 Å². The number of aryl methyl sites for hydroxylation is 1. The van der Waals surface area contributed by atoms with Crippen LogP contribution in [0.3, 0.4) is 0 Å². The topological polar surface area (TPSA) is 53.9 Å². The van der Waals surface area contributed by atoms with Crippen LogP contribution in [0.2, 0.25) is 0 Å². The van der Waals surface area contributed by atoms with E-state index in [-0.39, 0.29) is 11.1 Å². The second kappa shape index (κ2) is 5.69. The van der Waals surface area contributed by atoms with Gasteiger partial charge >= 0.3 is 0 Å². The Bertz CT molecular complexity index is 683. The number of rotatable bonds is 3. The zero-order valence-electron chi connectivity index (χ0n) is 11.8. The summed E-state index contributed by atoms with van der Waals surface area (Å²) in [6.45, 7) is 2.06. The normalized spacial score (nSPS) is 17.2. The molecule has 1 aliphatic rings. The highest BCUT2D eigenvalue weighted by Crippen LogP contribution is 2.42. The number of hydrogen-bond acceptors (Lipinski definition) is 5. The molecule has 1 atom stereocenters. The fourth-order valence-corrected chi connectivity index (χ4v) is 3.27. The molecule has 0 aromatic heterocycles. The van der Waals surface area contributed by atoms with E-state index in [0.717, 1.165) is 16.2 Å². The SMILES string of the molecule is COc1cccc(O)c1C1NN=C(c2ccc(C)cc2)S1. The third-order valence-electron chi connectivity index (χ3n) is 3.34. The molecule has 4 nitrogen and oxygen atoms in total. The number of nitrogens with zero attached hydrogens (tertiary/aromatic N) is 1. The van der Waals surface area contributed by atoms with Gasteiger partial charge in [-0.25, -0.2) is 0 Å². The summed E-state index contributed by atoms with van der Waals surface area (Å²) < 4.78 is 5.33. The summed E-state index contributed by atoms with van der Waals surface area (Å²) in [5.41, 5.74) is 6.06. The highest BCUT2D eigenvalue weighted by molar-refractivity contribution is 8.14. The first-order valence-electron chi connectivity index (χ1n) is 6.62. The zero-order valence-corrected chi connectivity index (χ0v) is 12.6. The van der Waals surface area contributed by atoms with E-state index in [1.807, 2.05) is 18.2 Å². The van der Waals surface area contributed by atoms with Gasteiger partial charge in [0.25, 0.3) is 0 Å². The van der Waals surface area contributed by atoms with Crippen LogP contribution in [-0.4, -0.2) is 17.3 Å². The molecule has 0 bridgehead atoms. The molecule has 108 valence electrons. The van der Waals surface area contributed by atoms with Crippen LogP contribution < -0.4 is 10.2 Å². The van der Waals surface area contributed by atoms with Crippen molar-refractivity contribution in [2.75, 3.05) is 7.11 Å². The maximum atomic E-state index is 10.1. The molecular weight excluding hydrogens is 284 g/mol. The number of thioether (sulfide) groups is 1. The third-order valence-corrected chi connectivity index (χ3v) is 4.46. The number of aromatic hydroxyl groups is 1. The molecule has 0 fully saturated rings. The number of phenols is 1. The molecule has 1 unspecified atom stereocenters. The van der Waals surface area contributed by atoms with Gasteiger partial charge in [-0.05, 0) is 19.1 Å². The predicted octanol–water partition coefficient (Wildman–Crippen LogP) is 3.41. The lowest BCUT2D eigenvalue weighted by Gasteiger charge is -2.15. The van der Waals surface area contributed by atoms with Crippen molar-refractivity contribution in [3.05, 3.63) is 59.2 Å². The van der Waals surface area contributed by atoms with E-state index < -0.39 is 0 Å². The Morgan fingerprint density at radius 1 is 1.19 bits per heavy atom. The summed E-state index contributed by atoms with van der Waals surface area (Å²) in [6, 6.07) is 13.5. The van der Waals surface area contributed by atoms with Gasteiger partial charge < -0.3 is 9.84 Å². The first-order chi connectivity index (χ1) is 10.2. The summed E-state index contributed by atoms with van der Waals surface area (Å²) in [6.07, 6.45) is 0. The fourth-order valence-electron chi connectivity index (χ4n) is 2.21. The van der Waals surface area contributed by atoms with E-state index in [1.54, 1.807) is 31.0 Å². The van der Waals surface area contributed by atoms with Gasteiger partial charge in [0.1, 0.15) is 21.9 Å². The molecule has 0 spiro atoms. The van der Waals surface area contributed by atoms with Crippen LogP contribution in [0.4, 0.5) is 0 Å². The van der Waals surface area contributed by atoms with Crippen LogP contribution in [0.5, 0.6) is 11.5 Å². The summed E-state index contributed by atoms with van der Waals surface area (Å²) in [5, 5.41) is 15.2. The van der Waals surface area contributed by atoms with Gasteiger partial charge in [0.15, 0.2) is 0 Å². The molecule has 5 heteroatoms. The van der Waals surface area contributed by atoms with Crippen LogP contribution in [0.1, 0.15) is 22.1 Å². The minimum Gasteiger partial charge on any atom is -0.507 e. The average molecular weight is 300 g/mol. The van der Waals surface area contributed by atoms with Crippen LogP contribution in [0, 0.1) is 6.92 Å². The van der Waals surface area contributed by atoms with Gasteiger partial charge in [-0.1, -0.05) is 47.7 Å². The van der Waals surface area contributed by atoms with Crippen LogP contribution in [0.15, 0.2) is 47.6 Å². The van der Waals surface area contributed by atoms with Gasteiger partial charge in [0, 0.05) is 5.56 Å². The van der Waals surface area contributed by atoms with E-state index >= 15 is 0 Å². The van der Waals surface area contributed by atoms with Crippen molar-refractivity contribution in [3.8, 4) is 11.5 Å². The Balaban J connectivity index is 1.85. The van der Waals surface area contributed by atoms with Crippen LogP contribution in [0.25, 0.3) is 0 Å². The fraction of sp³-hybridized carbons (Fsp3) is 0.188. The van der Waals surface area contributed by atoms with Gasteiger partial charge in [-0.15, -0.1) is 0 Å². The van der Waals surface area contributed by atoms with Crippen LogP contribution >= 0.6 is 11.8 Å². The number of ether oxygens (including phenoxy) is 1. The van der Waals surface area contributed by atoms with E-state index in [1.165, 1.54) is 5.56 Å². The number of phenolic OH excluding ortho intramolecular Hbond substituents is 1. The lowest BCUT2D eigenvalue weighted by atomic mass is 10.2. The van der Waals surface area contributed by atoms with Crippen molar-refractivity contribution in [2.45, 2.75) is 12.3 Å². The molecule has 1 heterocycles. The van der Waals surface area contributed by atoms with Gasteiger partial charge in [-0.3, -0.25) is 5.43 Å². The van der Waals surface area contributed by atoms with E-state index in [2.05, 4.69) is 29.6 Å². The Morgan fingerprint density at radius 3 is 2.67 bits per heavy atom. The molecule has 1 aliphatic heterocycles. The minimum atomic E-state index is -0.155. The number of methoxy groups -OCH3 is 1. The molecule has 0 amide bonds. The molecule has 0 aliphatic carbocycles. The summed E-state index contributed by atoms with van der Waals surface area (Å²) in [7, 11) is 1.60. The van der Waals surface area contributed by atoms with E-state index in [4.69, 9.17) is 4.74 Å². The number of hydrazone groups is 1. The molecule has 0 saturated carbocycles. The maximum absolute atomic E-state index is 10.1. The predicted molar refractivity (Wildman–Crippen MR) is 85.8 cm³/mol. The van der Waals surface area contributed by atoms with E-state index in [0.29, 0.717) is 5.75 Å². The average Bonchev–Trinajstić information content (AvgIpc) is 2.97. The van der Waals surface area contributed by atoms with Gasteiger partial charge in [0.2, 0.25) is 0 Å². The number of nitrogens with one attached hydrogen (secondary N) is 1. The Hall–Kier alpha value is -2.14. The monoisotopic (exact) mass is 300 g/mol. The summed E-state index contributed by atoms with van der Waals surface area (Å²) >= 11 is 1.57. The second-order valence-corrected chi connectivity index (χ2v) is 5.90. The molecule has 2 N–H and O–H groups in total. The summed E-state index contributed by atoms with van der Waals surface area (Å²) in [4.78, 5) is 0. The van der Waals surface area contributed by atoms with Crippen LogP contribution in [-0.2, 0) is 0 Å². The molecule has 2 aromatic rings. The molecule has 3 rings (SSSR count). The lowest BCUT2D eigenvalue weighted by molar-refractivity contribution is 0.397. The maximum Gasteiger partial charge on any atom is 0.128 e. The second-order valence-electron chi connectivity index (χ2n) is 4.80. The largest absolute Gasteiger partial charge is 0.507 e. The summed E-state index contributed by atoms with van der Waals surface area (Å²) in [5.74, 6) is 0.861. The molecular formula is C16H16N2O2S. The molecule has 0 radical (unpaired) electrons. The van der Waals surface area contributed by atoms with Crippen molar-refractivity contribution in [3.63, 3.8) is 0 Å². The Kier molecular flexibility index (Phi) is 3.75. The van der Waals surface area contributed by atoms with Crippen molar-refractivity contribution in [1.82, 2.24) is 5.43 Å². The van der Waals surface area contributed by atoms with Gasteiger partial charge in [-0.2, -0.15) is 5.10 Å². The van der Waals surface area contributed by atoms with Crippen molar-refractivity contribution in [1.29, 1.82) is 0 Å². The third kappa shape index (κ3) is 2.69. The lowest BCUT2D eigenvalue weighted by Crippen LogP contribution is -2.08. The highest BCUT2D eigenvalue weighted by atomic mass is 32.2. The highest BCUT2D eigenvalue weighted by Gasteiger charge is 2.27. The van der Waals surface area contributed by atoms with Crippen molar-refractivity contribution in [2.24, 2.45) is 5.10 Å². The Labute approximate surface area is 127 Å². The van der Waals surface area contributed by atoms with Crippen molar-refractivity contribution < 1.29 is 9.84 Å². The first kappa shape index (κ1) is 13.8. The number of benzene rings is 2. The number of hydrogen-bond donors (Lipinski definition) is 2. The standard InChI is InChI=1S/C16H16N2O2S/c1-10-6-8-11(9-7-10)15-17-18-16(21-15)14-12(19)4-3-5-13(14)20-2/h3-9,16,18-19H,1-2H3. The smallest absolute Gasteiger partial charge is 0.128 e. The quantitative estimate of drug-likeness (QED) is 0.912. The zero-order chi connectivity index (χ0) is 14.8.